The van der Waals surface area contributed by atoms with Gasteiger partial charge in [-0.2, -0.15) is 5.10 Å². The standard InChI is InChI=1S/C24H38N6O2/c1-5-25-23(27-17-24(4,31)18-29-11-13-32-14-12-29)26-15-22-19(2)28-30(20(22)3)16-21-9-7-6-8-10-21/h6-10,31H,5,11-18H2,1-4H3,(H2,25,26,27). The van der Waals surface area contributed by atoms with Gasteiger partial charge in [-0.05, 0) is 33.3 Å². The molecule has 3 rings (SSSR count). The first-order valence-electron chi connectivity index (χ1n) is 11.5. The predicted octanol–water partition coefficient (Wildman–Crippen LogP) is 1.69. The van der Waals surface area contributed by atoms with Crippen molar-refractivity contribution in [2.24, 2.45) is 4.99 Å². The molecule has 0 radical (unpaired) electrons. The molecule has 0 saturated carbocycles. The van der Waals surface area contributed by atoms with Gasteiger partial charge in [0.25, 0.3) is 0 Å². The summed E-state index contributed by atoms with van der Waals surface area (Å²) in [5.74, 6) is 0.698. The number of aromatic nitrogens is 2. The quantitative estimate of drug-likeness (QED) is 0.405. The number of hydrogen-bond donors (Lipinski definition) is 3. The van der Waals surface area contributed by atoms with Gasteiger partial charge in [0.15, 0.2) is 5.96 Å². The monoisotopic (exact) mass is 442 g/mol. The molecule has 32 heavy (non-hydrogen) atoms. The minimum Gasteiger partial charge on any atom is -0.387 e. The maximum absolute atomic E-state index is 10.9. The van der Waals surface area contributed by atoms with Crippen molar-refractivity contribution in [3.8, 4) is 0 Å². The zero-order chi connectivity index (χ0) is 23.0. The molecule has 176 valence electrons. The molecule has 8 nitrogen and oxygen atoms in total. The summed E-state index contributed by atoms with van der Waals surface area (Å²) in [5, 5.41) is 22.2. The van der Waals surface area contributed by atoms with Crippen LogP contribution in [0.2, 0.25) is 0 Å². The Morgan fingerprint density at radius 2 is 1.91 bits per heavy atom. The molecule has 1 unspecified atom stereocenters. The van der Waals surface area contributed by atoms with E-state index in [4.69, 9.17) is 14.8 Å². The second kappa shape index (κ2) is 11.4. The lowest BCUT2D eigenvalue weighted by atomic mass is 10.1. The Hall–Kier alpha value is -2.42. The molecule has 1 aliphatic rings. The lowest BCUT2D eigenvalue weighted by Crippen LogP contribution is -2.52. The van der Waals surface area contributed by atoms with Gasteiger partial charge in [-0.1, -0.05) is 30.3 Å². The zero-order valence-corrected chi connectivity index (χ0v) is 19.9. The summed E-state index contributed by atoms with van der Waals surface area (Å²) in [6.45, 7) is 14.3. The maximum Gasteiger partial charge on any atom is 0.191 e. The van der Waals surface area contributed by atoms with Gasteiger partial charge in [0, 0.05) is 44.0 Å². The lowest BCUT2D eigenvalue weighted by Gasteiger charge is -2.34. The van der Waals surface area contributed by atoms with Gasteiger partial charge in [-0.3, -0.25) is 9.58 Å². The largest absolute Gasteiger partial charge is 0.387 e. The van der Waals surface area contributed by atoms with E-state index in [-0.39, 0.29) is 0 Å². The van der Waals surface area contributed by atoms with E-state index in [9.17, 15) is 5.11 Å². The first-order valence-corrected chi connectivity index (χ1v) is 11.5. The SMILES string of the molecule is CCNC(=NCc1c(C)nn(Cc2ccccc2)c1C)NCC(C)(O)CN1CCOCC1. The topological polar surface area (TPSA) is 86.9 Å². The number of ether oxygens (including phenoxy) is 1. The Bertz CT molecular complexity index is 872. The molecule has 2 heterocycles. The van der Waals surface area contributed by atoms with Crippen molar-refractivity contribution < 1.29 is 9.84 Å². The van der Waals surface area contributed by atoms with Gasteiger partial charge in [0.1, 0.15) is 0 Å². The summed E-state index contributed by atoms with van der Waals surface area (Å²) in [4.78, 5) is 7.01. The summed E-state index contributed by atoms with van der Waals surface area (Å²) in [5.41, 5.74) is 3.63. The molecule has 1 saturated heterocycles. The highest BCUT2D eigenvalue weighted by molar-refractivity contribution is 5.79. The Kier molecular flexibility index (Phi) is 8.67. The number of guanidine groups is 1. The highest BCUT2D eigenvalue weighted by Gasteiger charge is 2.25. The van der Waals surface area contributed by atoms with Crippen molar-refractivity contribution >= 4 is 5.96 Å². The molecule has 0 amide bonds. The number of hydrogen-bond acceptors (Lipinski definition) is 5. The molecule has 1 aromatic carbocycles. The van der Waals surface area contributed by atoms with E-state index >= 15 is 0 Å². The number of nitrogens with one attached hydrogen (secondary N) is 2. The van der Waals surface area contributed by atoms with E-state index in [1.165, 1.54) is 5.56 Å². The van der Waals surface area contributed by atoms with E-state index in [2.05, 4.69) is 46.7 Å². The van der Waals surface area contributed by atoms with Crippen LogP contribution in [-0.4, -0.2) is 77.3 Å². The van der Waals surface area contributed by atoms with Crippen LogP contribution in [0.25, 0.3) is 0 Å². The van der Waals surface area contributed by atoms with Crippen molar-refractivity contribution in [3.63, 3.8) is 0 Å². The van der Waals surface area contributed by atoms with Crippen LogP contribution < -0.4 is 10.6 Å². The summed E-state index contributed by atoms with van der Waals surface area (Å²) < 4.78 is 7.44. The van der Waals surface area contributed by atoms with Crippen LogP contribution in [-0.2, 0) is 17.8 Å². The van der Waals surface area contributed by atoms with E-state index in [1.54, 1.807) is 0 Å². The fourth-order valence-corrected chi connectivity index (χ4v) is 3.94. The van der Waals surface area contributed by atoms with Crippen LogP contribution >= 0.6 is 0 Å². The molecule has 1 aliphatic heterocycles. The minimum absolute atomic E-state index is 0.418. The van der Waals surface area contributed by atoms with Crippen LogP contribution in [0, 0.1) is 13.8 Å². The number of rotatable bonds is 9. The first kappa shape index (κ1) is 24.2. The Morgan fingerprint density at radius 3 is 2.59 bits per heavy atom. The van der Waals surface area contributed by atoms with Gasteiger partial charge in [-0.25, -0.2) is 4.99 Å². The normalized spacial score (nSPS) is 17.2. The number of benzene rings is 1. The van der Waals surface area contributed by atoms with E-state index in [0.29, 0.717) is 25.6 Å². The molecule has 3 N–H and O–H groups in total. The zero-order valence-electron chi connectivity index (χ0n) is 19.9. The second-order valence-electron chi connectivity index (χ2n) is 8.73. The van der Waals surface area contributed by atoms with E-state index < -0.39 is 5.60 Å². The van der Waals surface area contributed by atoms with Crippen LogP contribution in [0.1, 0.15) is 36.4 Å². The molecule has 1 fully saturated rings. The number of aliphatic imine (C=N–C) groups is 1. The molecule has 1 aromatic heterocycles. The van der Waals surface area contributed by atoms with Gasteiger partial charge in [0.05, 0.1) is 37.6 Å². The van der Waals surface area contributed by atoms with Gasteiger partial charge < -0.3 is 20.5 Å². The predicted molar refractivity (Wildman–Crippen MR) is 128 cm³/mol. The average molecular weight is 443 g/mol. The highest BCUT2D eigenvalue weighted by Crippen LogP contribution is 2.16. The summed E-state index contributed by atoms with van der Waals surface area (Å²) in [7, 11) is 0. The van der Waals surface area contributed by atoms with Crippen molar-refractivity contribution in [1.82, 2.24) is 25.3 Å². The van der Waals surface area contributed by atoms with Gasteiger partial charge >= 0.3 is 0 Å². The average Bonchev–Trinajstić information content (AvgIpc) is 3.04. The van der Waals surface area contributed by atoms with Gasteiger partial charge in [0.2, 0.25) is 0 Å². The Labute approximate surface area is 191 Å². The fraction of sp³-hybridized carbons (Fsp3) is 0.583. The molecule has 2 aromatic rings. The van der Waals surface area contributed by atoms with E-state index in [1.807, 2.05) is 31.5 Å². The third kappa shape index (κ3) is 7.05. The number of morpholine rings is 1. The van der Waals surface area contributed by atoms with E-state index in [0.717, 1.165) is 56.3 Å². The molecule has 8 heteroatoms. The van der Waals surface area contributed by atoms with Crippen molar-refractivity contribution in [2.75, 3.05) is 45.9 Å². The third-order valence-electron chi connectivity index (χ3n) is 5.75. The van der Waals surface area contributed by atoms with Crippen LogP contribution in [0.5, 0.6) is 0 Å². The first-order chi connectivity index (χ1) is 15.4. The van der Waals surface area contributed by atoms with Crippen LogP contribution in [0.15, 0.2) is 35.3 Å². The number of nitrogens with zero attached hydrogens (tertiary/aromatic N) is 4. The van der Waals surface area contributed by atoms with Crippen LogP contribution in [0.4, 0.5) is 0 Å². The second-order valence-corrected chi connectivity index (χ2v) is 8.73. The van der Waals surface area contributed by atoms with Crippen LogP contribution in [0.3, 0.4) is 0 Å². The fourth-order valence-electron chi connectivity index (χ4n) is 3.94. The summed E-state index contributed by atoms with van der Waals surface area (Å²) in [6.07, 6.45) is 0. The highest BCUT2D eigenvalue weighted by atomic mass is 16.5. The summed E-state index contributed by atoms with van der Waals surface area (Å²) >= 11 is 0. The van der Waals surface area contributed by atoms with Gasteiger partial charge in [-0.15, -0.1) is 0 Å². The maximum atomic E-state index is 10.9. The number of aryl methyl sites for hydroxylation is 1. The molecule has 1 atom stereocenters. The minimum atomic E-state index is -0.861. The van der Waals surface area contributed by atoms with Crippen molar-refractivity contribution in [3.05, 3.63) is 52.8 Å². The Balaban J connectivity index is 1.61. The Morgan fingerprint density at radius 1 is 1.19 bits per heavy atom. The molecular formula is C24H38N6O2. The van der Waals surface area contributed by atoms with Crippen molar-refractivity contribution in [1.29, 1.82) is 0 Å². The molecule has 0 aliphatic carbocycles. The number of β-amino-alcohol motifs (C(OH)–C–C–N with tert-alkyl or cyclic N) is 1. The third-order valence-corrected chi connectivity index (χ3v) is 5.75. The number of aliphatic hydroxyl groups is 1. The molecule has 0 spiro atoms. The molecule has 0 bridgehead atoms. The van der Waals surface area contributed by atoms with Crippen molar-refractivity contribution in [2.45, 2.75) is 46.4 Å². The smallest absolute Gasteiger partial charge is 0.191 e. The lowest BCUT2D eigenvalue weighted by molar-refractivity contribution is -0.0201. The summed E-state index contributed by atoms with van der Waals surface area (Å²) in [6, 6.07) is 10.4. The molecular weight excluding hydrogens is 404 g/mol.